The molecule has 11 nitrogen and oxygen atoms in total. The first-order valence-corrected chi connectivity index (χ1v) is 11.0. The monoisotopic (exact) mass is 478 g/mol. The lowest BCUT2D eigenvalue weighted by atomic mass is 10.2. The molecule has 0 saturated heterocycles. The fourth-order valence-electron chi connectivity index (χ4n) is 2.97. The summed E-state index contributed by atoms with van der Waals surface area (Å²) in [5.41, 5.74) is 1.48. The maximum atomic E-state index is 14.5. The van der Waals surface area contributed by atoms with Crippen molar-refractivity contribution >= 4 is 39.0 Å². The lowest BCUT2D eigenvalue weighted by molar-refractivity contribution is 0.324. The molecule has 2 aromatic carbocycles. The molecule has 0 saturated carbocycles. The minimum atomic E-state index is -4.06. The van der Waals surface area contributed by atoms with Crippen molar-refractivity contribution in [3.63, 3.8) is 0 Å². The highest BCUT2D eigenvalue weighted by Gasteiger charge is 2.16. The van der Waals surface area contributed by atoms with Crippen LogP contribution in [0.3, 0.4) is 0 Å². The van der Waals surface area contributed by atoms with Crippen LogP contribution in [0.5, 0.6) is 17.2 Å². The van der Waals surface area contributed by atoms with Gasteiger partial charge in [-0.05, 0) is 18.6 Å². The molecular formula is C20H23FN6O5S. The van der Waals surface area contributed by atoms with Gasteiger partial charge in [0.25, 0.3) is 10.2 Å². The highest BCUT2D eigenvalue weighted by atomic mass is 32.2. The normalized spacial score (nSPS) is 11.0. The topological polar surface area (TPSA) is 150 Å². The summed E-state index contributed by atoms with van der Waals surface area (Å²) in [4.78, 5) is 8.10. The summed E-state index contributed by atoms with van der Waals surface area (Å²) in [6, 6.07) is 8.16. The van der Waals surface area contributed by atoms with Crippen molar-refractivity contribution in [1.82, 2.24) is 9.97 Å². The average molecular weight is 479 g/mol. The van der Waals surface area contributed by atoms with Crippen molar-refractivity contribution in [1.29, 1.82) is 0 Å². The largest absolute Gasteiger partial charge is 0.493 e. The third-order valence-corrected chi connectivity index (χ3v) is 4.92. The number of nitrogens with two attached hydrogens (primary N) is 1. The first kappa shape index (κ1) is 23.8. The Kier molecular flexibility index (Phi) is 7.04. The molecule has 3 rings (SSSR count). The quantitative estimate of drug-likeness (QED) is 0.364. The number of ether oxygens (including phenoxy) is 3. The Bertz CT molecular complexity index is 1250. The molecule has 176 valence electrons. The number of nitrogens with zero attached hydrogens (tertiary/aromatic N) is 2. The molecule has 1 heterocycles. The summed E-state index contributed by atoms with van der Waals surface area (Å²) in [5, 5.41) is 10.8. The van der Waals surface area contributed by atoms with Gasteiger partial charge in [0.05, 0.1) is 38.9 Å². The molecule has 1 aromatic heterocycles. The van der Waals surface area contributed by atoms with Crippen molar-refractivity contribution in [3.05, 3.63) is 47.9 Å². The maximum Gasteiger partial charge on any atom is 0.296 e. The van der Waals surface area contributed by atoms with Crippen LogP contribution < -0.4 is 34.7 Å². The van der Waals surface area contributed by atoms with Gasteiger partial charge >= 0.3 is 0 Å². The zero-order chi connectivity index (χ0) is 24.2. The van der Waals surface area contributed by atoms with Gasteiger partial charge in [0.1, 0.15) is 0 Å². The Labute approximate surface area is 190 Å². The zero-order valence-electron chi connectivity index (χ0n) is 18.3. The predicted octanol–water partition coefficient (Wildman–Crippen LogP) is 3.05. The second kappa shape index (κ2) is 9.75. The molecule has 0 aliphatic heterocycles. The number of anilines is 5. The van der Waals surface area contributed by atoms with Crippen molar-refractivity contribution < 1.29 is 27.0 Å². The van der Waals surface area contributed by atoms with Gasteiger partial charge in [-0.25, -0.2) is 14.5 Å². The molecule has 5 N–H and O–H groups in total. The summed E-state index contributed by atoms with van der Waals surface area (Å²) < 4.78 is 55.7. The fraction of sp³-hybridized carbons (Fsp3) is 0.200. The Balaban J connectivity index is 1.94. The number of methoxy groups -OCH3 is 3. The minimum absolute atomic E-state index is 0.0572. The van der Waals surface area contributed by atoms with E-state index in [-0.39, 0.29) is 23.1 Å². The molecule has 13 heteroatoms. The van der Waals surface area contributed by atoms with Crippen molar-refractivity contribution in [2.24, 2.45) is 5.14 Å². The van der Waals surface area contributed by atoms with E-state index in [4.69, 9.17) is 19.3 Å². The molecule has 0 radical (unpaired) electrons. The van der Waals surface area contributed by atoms with E-state index in [0.29, 0.717) is 28.5 Å². The van der Waals surface area contributed by atoms with E-state index >= 15 is 0 Å². The SMILES string of the molecule is COc1cc(Nc2ncc(F)c(Nc3cccc(C)c3NS(N)(=O)=O)n2)cc(OC)c1OC. The number of aromatic nitrogens is 2. The minimum Gasteiger partial charge on any atom is -0.493 e. The standard InChI is InChI=1S/C20H23FN6O5S/c1-11-6-5-7-14(17(11)27-33(22,28)29)25-19-13(21)10-23-20(26-19)24-12-8-15(30-2)18(32-4)16(9-12)31-3/h5-10,27H,1-4H3,(H2,22,28,29)(H2,23,24,25,26). The molecule has 0 spiro atoms. The number of nitrogens with one attached hydrogen (secondary N) is 3. The van der Waals surface area contributed by atoms with Crippen molar-refractivity contribution in [2.45, 2.75) is 6.92 Å². The maximum absolute atomic E-state index is 14.5. The van der Waals surface area contributed by atoms with Crippen LogP contribution in [0, 0.1) is 12.7 Å². The number of para-hydroxylation sites is 1. The number of rotatable bonds is 9. The second-order valence-electron chi connectivity index (χ2n) is 6.70. The van der Waals surface area contributed by atoms with Crippen LogP contribution in [-0.2, 0) is 10.2 Å². The molecule has 0 atom stereocenters. The zero-order valence-corrected chi connectivity index (χ0v) is 19.1. The third kappa shape index (κ3) is 5.70. The van der Waals surface area contributed by atoms with Crippen molar-refractivity contribution in [2.75, 3.05) is 36.7 Å². The van der Waals surface area contributed by atoms with Crippen LogP contribution >= 0.6 is 0 Å². The van der Waals surface area contributed by atoms with Gasteiger partial charge in [0.15, 0.2) is 23.1 Å². The number of benzene rings is 2. The molecular weight excluding hydrogens is 455 g/mol. The van der Waals surface area contributed by atoms with Gasteiger partial charge in [-0.15, -0.1) is 0 Å². The lowest BCUT2D eigenvalue weighted by Gasteiger charge is -2.16. The number of aryl methyl sites for hydroxylation is 1. The number of hydrogen-bond donors (Lipinski definition) is 4. The van der Waals surface area contributed by atoms with Crippen LogP contribution in [-0.4, -0.2) is 39.7 Å². The molecule has 0 bridgehead atoms. The second-order valence-corrected chi connectivity index (χ2v) is 7.99. The van der Waals surface area contributed by atoms with Gasteiger partial charge in [0.2, 0.25) is 11.7 Å². The van der Waals surface area contributed by atoms with E-state index in [1.165, 1.54) is 21.3 Å². The van der Waals surface area contributed by atoms with Crippen LogP contribution in [0.4, 0.5) is 33.2 Å². The van der Waals surface area contributed by atoms with E-state index < -0.39 is 16.0 Å². The van der Waals surface area contributed by atoms with Gasteiger partial charge in [-0.3, -0.25) is 4.72 Å². The summed E-state index contributed by atoms with van der Waals surface area (Å²) in [7, 11) is 0.387. The van der Waals surface area contributed by atoms with Gasteiger partial charge < -0.3 is 24.8 Å². The number of halogens is 1. The molecule has 33 heavy (non-hydrogen) atoms. The summed E-state index contributed by atoms with van der Waals surface area (Å²) in [6.45, 7) is 1.67. The number of hydrogen-bond acceptors (Lipinski definition) is 9. The molecule has 0 amide bonds. The van der Waals surface area contributed by atoms with E-state index in [0.717, 1.165) is 6.20 Å². The van der Waals surface area contributed by atoms with Crippen LogP contribution in [0.1, 0.15) is 5.56 Å². The predicted molar refractivity (Wildman–Crippen MR) is 123 cm³/mol. The fourth-order valence-corrected chi connectivity index (χ4v) is 3.53. The first-order valence-electron chi connectivity index (χ1n) is 9.42. The van der Waals surface area contributed by atoms with Crippen molar-refractivity contribution in [3.8, 4) is 17.2 Å². The lowest BCUT2D eigenvalue weighted by Crippen LogP contribution is -2.23. The highest BCUT2D eigenvalue weighted by molar-refractivity contribution is 7.90. The highest BCUT2D eigenvalue weighted by Crippen LogP contribution is 2.40. The Hall–Kier alpha value is -3.84. The van der Waals surface area contributed by atoms with Crippen LogP contribution in [0.25, 0.3) is 0 Å². The van der Waals surface area contributed by atoms with E-state index in [1.807, 2.05) is 0 Å². The summed E-state index contributed by atoms with van der Waals surface area (Å²) in [6.07, 6.45) is 0.970. The third-order valence-electron chi connectivity index (χ3n) is 4.44. The van der Waals surface area contributed by atoms with Crippen LogP contribution in [0.15, 0.2) is 36.5 Å². The molecule has 3 aromatic rings. The Morgan fingerprint density at radius 2 is 1.70 bits per heavy atom. The molecule has 0 fully saturated rings. The first-order chi connectivity index (χ1) is 15.6. The average Bonchev–Trinajstić information content (AvgIpc) is 2.76. The van der Waals surface area contributed by atoms with Crippen LogP contribution in [0.2, 0.25) is 0 Å². The molecule has 0 aliphatic carbocycles. The summed E-state index contributed by atoms with van der Waals surface area (Å²) in [5.74, 6) is 0.317. The summed E-state index contributed by atoms with van der Waals surface area (Å²) >= 11 is 0. The molecule has 0 aliphatic rings. The van der Waals surface area contributed by atoms with E-state index in [1.54, 1.807) is 37.3 Å². The van der Waals surface area contributed by atoms with E-state index in [2.05, 4.69) is 25.3 Å². The smallest absolute Gasteiger partial charge is 0.296 e. The molecule has 0 unspecified atom stereocenters. The Morgan fingerprint density at radius 1 is 1.03 bits per heavy atom. The van der Waals surface area contributed by atoms with Gasteiger partial charge in [-0.2, -0.15) is 13.4 Å². The van der Waals surface area contributed by atoms with Gasteiger partial charge in [0, 0.05) is 17.8 Å². The Morgan fingerprint density at radius 3 is 2.27 bits per heavy atom. The van der Waals surface area contributed by atoms with E-state index in [9.17, 15) is 12.8 Å². The van der Waals surface area contributed by atoms with Gasteiger partial charge in [-0.1, -0.05) is 12.1 Å².